The van der Waals surface area contributed by atoms with Crippen LogP contribution in [-0.2, 0) is 13.0 Å². The average molecular weight is 238 g/mol. The predicted octanol–water partition coefficient (Wildman–Crippen LogP) is 3.45. The van der Waals surface area contributed by atoms with Crippen LogP contribution in [0.25, 0.3) is 0 Å². The summed E-state index contributed by atoms with van der Waals surface area (Å²) < 4.78 is 0. The molecule has 1 aromatic rings. The van der Waals surface area contributed by atoms with Gasteiger partial charge in [-0.1, -0.05) is 31.2 Å². The lowest BCUT2D eigenvalue weighted by Gasteiger charge is -2.20. The number of hydrogen-bond acceptors (Lipinski definition) is 1. The first kappa shape index (κ1) is 11.9. The molecule has 2 heteroatoms. The molecule has 0 saturated heterocycles. The molecule has 0 spiro atoms. The minimum Gasteiger partial charge on any atom is -0.295 e. The molecular formula is C14H20ClN. The van der Waals surface area contributed by atoms with Crippen LogP contribution in [0.5, 0.6) is 0 Å². The SMILES string of the molecule is CCc1ccc(CN(CCCl)C2CC2)cc1. The van der Waals surface area contributed by atoms with E-state index in [1.54, 1.807) is 0 Å². The minimum absolute atomic E-state index is 0.740. The standard InChI is InChI=1S/C14H20ClN/c1-2-12-3-5-13(6-4-12)11-16(10-9-15)14-7-8-14/h3-6,14H,2,7-11H2,1H3. The highest BCUT2D eigenvalue weighted by Gasteiger charge is 2.28. The Morgan fingerprint density at radius 3 is 2.31 bits per heavy atom. The number of benzene rings is 1. The first-order valence-corrected chi connectivity index (χ1v) is 6.74. The van der Waals surface area contributed by atoms with Gasteiger partial charge in [-0.25, -0.2) is 0 Å². The van der Waals surface area contributed by atoms with Gasteiger partial charge in [-0.15, -0.1) is 11.6 Å². The van der Waals surface area contributed by atoms with Gasteiger partial charge in [0.05, 0.1) is 0 Å². The number of hydrogen-bond donors (Lipinski definition) is 0. The van der Waals surface area contributed by atoms with Crippen LogP contribution >= 0.6 is 11.6 Å². The molecule has 1 aromatic carbocycles. The largest absolute Gasteiger partial charge is 0.295 e. The van der Waals surface area contributed by atoms with Crippen molar-refractivity contribution in [2.45, 2.75) is 38.8 Å². The zero-order valence-electron chi connectivity index (χ0n) is 9.95. The van der Waals surface area contributed by atoms with Crippen molar-refractivity contribution in [2.75, 3.05) is 12.4 Å². The summed E-state index contributed by atoms with van der Waals surface area (Å²) in [7, 11) is 0. The predicted molar refractivity (Wildman–Crippen MR) is 70.0 cm³/mol. The molecule has 1 fully saturated rings. The number of halogens is 1. The van der Waals surface area contributed by atoms with E-state index in [-0.39, 0.29) is 0 Å². The molecule has 16 heavy (non-hydrogen) atoms. The number of rotatable bonds is 6. The monoisotopic (exact) mass is 237 g/mol. The number of alkyl halides is 1. The third-order valence-electron chi connectivity index (χ3n) is 3.25. The summed E-state index contributed by atoms with van der Waals surface area (Å²) in [6.45, 7) is 4.27. The second-order valence-corrected chi connectivity index (χ2v) is 4.94. The zero-order chi connectivity index (χ0) is 11.4. The molecule has 0 unspecified atom stereocenters. The molecule has 0 radical (unpaired) electrons. The van der Waals surface area contributed by atoms with Gasteiger partial charge in [-0.05, 0) is 30.4 Å². The summed E-state index contributed by atoms with van der Waals surface area (Å²) >= 11 is 5.84. The Balaban J connectivity index is 1.94. The van der Waals surface area contributed by atoms with Gasteiger partial charge in [-0.3, -0.25) is 4.90 Å². The van der Waals surface area contributed by atoms with E-state index in [0.29, 0.717) is 0 Å². The zero-order valence-corrected chi connectivity index (χ0v) is 10.7. The molecular weight excluding hydrogens is 218 g/mol. The first-order chi connectivity index (χ1) is 7.83. The number of aryl methyl sites for hydroxylation is 1. The highest BCUT2D eigenvalue weighted by atomic mass is 35.5. The Morgan fingerprint density at radius 2 is 1.81 bits per heavy atom. The molecule has 1 nitrogen and oxygen atoms in total. The molecule has 0 amide bonds. The molecule has 0 atom stereocenters. The van der Waals surface area contributed by atoms with Gasteiger partial charge in [0.2, 0.25) is 0 Å². The molecule has 0 bridgehead atoms. The van der Waals surface area contributed by atoms with Crippen molar-refractivity contribution in [1.82, 2.24) is 4.90 Å². The molecule has 1 aliphatic rings. The van der Waals surface area contributed by atoms with E-state index < -0.39 is 0 Å². The molecule has 1 aliphatic carbocycles. The fourth-order valence-electron chi connectivity index (χ4n) is 2.05. The van der Waals surface area contributed by atoms with E-state index >= 15 is 0 Å². The van der Waals surface area contributed by atoms with E-state index in [9.17, 15) is 0 Å². The third-order valence-corrected chi connectivity index (χ3v) is 3.42. The summed E-state index contributed by atoms with van der Waals surface area (Å²) in [5.41, 5.74) is 2.83. The van der Waals surface area contributed by atoms with E-state index in [1.807, 2.05) is 0 Å². The Kier molecular flexibility index (Phi) is 4.25. The van der Waals surface area contributed by atoms with Gasteiger partial charge >= 0.3 is 0 Å². The van der Waals surface area contributed by atoms with Crippen molar-refractivity contribution in [2.24, 2.45) is 0 Å². The van der Waals surface area contributed by atoms with Crippen LogP contribution in [0, 0.1) is 0 Å². The Labute approximate surface area is 103 Å². The molecule has 0 N–H and O–H groups in total. The lowest BCUT2D eigenvalue weighted by atomic mass is 10.1. The second-order valence-electron chi connectivity index (χ2n) is 4.56. The normalized spacial score (nSPS) is 15.7. The van der Waals surface area contributed by atoms with E-state index in [4.69, 9.17) is 11.6 Å². The van der Waals surface area contributed by atoms with Gasteiger partial charge in [0.1, 0.15) is 0 Å². The molecule has 2 rings (SSSR count). The van der Waals surface area contributed by atoms with Gasteiger partial charge < -0.3 is 0 Å². The van der Waals surface area contributed by atoms with Crippen molar-refractivity contribution in [3.63, 3.8) is 0 Å². The maximum Gasteiger partial charge on any atom is 0.0351 e. The molecule has 0 heterocycles. The lowest BCUT2D eigenvalue weighted by molar-refractivity contribution is 0.271. The van der Waals surface area contributed by atoms with Crippen molar-refractivity contribution in [3.05, 3.63) is 35.4 Å². The first-order valence-electron chi connectivity index (χ1n) is 6.21. The summed E-state index contributed by atoms with van der Waals surface area (Å²) in [5, 5.41) is 0. The maximum absolute atomic E-state index is 5.84. The Bertz CT molecular complexity index is 316. The molecule has 1 saturated carbocycles. The van der Waals surface area contributed by atoms with Crippen LogP contribution < -0.4 is 0 Å². The van der Waals surface area contributed by atoms with E-state index in [1.165, 1.54) is 24.0 Å². The van der Waals surface area contributed by atoms with Gasteiger partial charge in [0.15, 0.2) is 0 Å². The van der Waals surface area contributed by atoms with Gasteiger partial charge in [0, 0.05) is 25.0 Å². The fourth-order valence-corrected chi connectivity index (χ4v) is 2.27. The second kappa shape index (κ2) is 5.70. The molecule has 0 aliphatic heterocycles. The van der Waals surface area contributed by atoms with Crippen molar-refractivity contribution < 1.29 is 0 Å². The van der Waals surface area contributed by atoms with E-state index in [0.717, 1.165) is 31.4 Å². The summed E-state index contributed by atoms with van der Waals surface area (Å²) in [4.78, 5) is 2.51. The fraction of sp³-hybridized carbons (Fsp3) is 0.571. The van der Waals surface area contributed by atoms with Crippen molar-refractivity contribution in [3.8, 4) is 0 Å². The maximum atomic E-state index is 5.84. The molecule has 0 aromatic heterocycles. The van der Waals surface area contributed by atoms with Crippen LogP contribution in [-0.4, -0.2) is 23.4 Å². The highest BCUT2D eigenvalue weighted by Crippen LogP contribution is 2.28. The van der Waals surface area contributed by atoms with Crippen LogP contribution in [0.3, 0.4) is 0 Å². The average Bonchev–Trinajstić information content (AvgIpc) is 3.13. The van der Waals surface area contributed by atoms with Gasteiger partial charge in [-0.2, -0.15) is 0 Å². The Hall–Kier alpha value is -0.530. The smallest absolute Gasteiger partial charge is 0.0351 e. The van der Waals surface area contributed by atoms with Crippen molar-refractivity contribution >= 4 is 11.6 Å². The van der Waals surface area contributed by atoms with Crippen LogP contribution in [0.4, 0.5) is 0 Å². The van der Waals surface area contributed by atoms with Crippen LogP contribution in [0.2, 0.25) is 0 Å². The summed E-state index contributed by atoms with van der Waals surface area (Å²) in [6, 6.07) is 9.78. The lowest BCUT2D eigenvalue weighted by Crippen LogP contribution is -2.27. The summed E-state index contributed by atoms with van der Waals surface area (Å²) in [6.07, 6.45) is 3.82. The van der Waals surface area contributed by atoms with Crippen LogP contribution in [0.15, 0.2) is 24.3 Å². The number of nitrogens with zero attached hydrogens (tertiary/aromatic N) is 1. The Morgan fingerprint density at radius 1 is 1.19 bits per heavy atom. The highest BCUT2D eigenvalue weighted by molar-refractivity contribution is 6.18. The van der Waals surface area contributed by atoms with Gasteiger partial charge in [0.25, 0.3) is 0 Å². The van der Waals surface area contributed by atoms with Crippen molar-refractivity contribution in [1.29, 1.82) is 0 Å². The topological polar surface area (TPSA) is 3.24 Å². The summed E-state index contributed by atoms with van der Waals surface area (Å²) in [5.74, 6) is 0.740. The molecule has 88 valence electrons. The van der Waals surface area contributed by atoms with Crippen LogP contribution in [0.1, 0.15) is 30.9 Å². The quantitative estimate of drug-likeness (QED) is 0.685. The third kappa shape index (κ3) is 3.23. The minimum atomic E-state index is 0.740. The van der Waals surface area contributed by atoms with E-state index in [2.05, 4.69) is 36.1 Å².